The number of para-hydroxylation sites is 1. The van der Waals surface area contributed by atoms with Crippen molar-refractivity contribution in [3.8, 4) is 0 Å². The van der Waals surface area contributed by atoms with Crippen LogP contribution < -0.4 is 10.6 Å². The molecule has 8 heteroatoms. The summed E-state index contributed by atoms with van der Waals surface area (Å²) in [4.78, 5) is 28.8. The van der Waals surface area contributed by atoms with Crippen molar-refractivity contribution in [3.05, 3.63) is 75.2 Å². The molecule has 2 aromatic carbocycles. The van der Waals surface area contributed by atoms with E-state index in [0.29, 0.717) is 27.0 Å². The Morgan fingerprint density at radius 1 is 0.960 bits per heavy atom. The second-order valence-electron chi connectivity index (χ2n) is 4.92. The molecule has 0 atom stereocenters. The number of nitrogens with zero attached hydrogens (tertiary/aromatic N) is 1. The predicted octanol–water partition coefficient (Wildman–Crippen LogP) is 4.95. The van der Waals surface area contributed by atoms with E-state index in [-0.39, 0.29) is 10.9 Å². The summed E-state index contributed by atoms with van der Waals surface area (Å²) in [5, 5.41) is 8.29. The van der Waals surface area contributed by atoms with Crippen LogP contribution in [0.15, 0.2) is 54.0 Å². The molecule has 0 aliphatic carbocycles. The van der Waals surface area contributed by atoms with Crippen LogP contribution in [0.1, 0.15) is 20.7 Å². The number of rotatable bonds is 4. The third-order valence-electron chi connectivity index (χ3n) is 3.25. The van der Waals surface area contributed by atoms with Crippen molar-refractivity contribution in [1.29, 1.82) is 0 Å². The topological polar surface area (TPSA) is 71.1 Å². The second kappa shape index (κ2) is 7.65. The molecule has 0 radical (unpaired) electrons. The minimum atomic E-state index is -0.395. The van der Waals surface area contributed by atoms with Crippen LogP contribution in [0.4, 0.5) is 10.8 Å². The number of nitrogens with one attached hydrogen (secondary N) is 2. The van der Waals surface area contributed by atoms with Gasteiger partial charge in [0.2, 0.25) is 0 Å². The van der Waals surface area contributed by atoms with Crippen molar-refractivity contribution in [1.82, 2.24) is 4.98 Å². The Morgan fingerprint density at radius 2 is 1.76 bits per heavy atom. The zero-order valence-electron chi connectivity index (χ0n) is 12.6. The lowest BCUT2D eigenvalue weighted by Gasteiger charge is -2.11. The summed E-state index contributed by atoms with van der Waals surface area (Å²) in [5.41, 5.74) is 1.04. The number of hydrogen-bond donors (Lipinski definition) is 2. The van der Waals surface area contributed by atoms with Gasteiger partial charge in [-0.1, -0.05) is 35.3 Å². The summed E-state index contributed by atoms with van der Waals surface area (Å²) < 4.78 is 0. The van der Waals surface area contributed by atoms with Crippen molar-refractivity contribution in [2.45, 2.75) is 0 Å². The first-order valence-corrected chi connectivity index (χ1v) is 8.74. The standard InChI is InChI=1S/C17H11Cl2N3O2S/c18-12-6-5-10(9-13(12)19)15(23)21-14-4-2-1-3-11(14)16(24)22-17-20-7-8-25-17/h1-9H,(H,21,23)(H,20,22,24). The molecule has 5 nitrogen and oxygen atoms in total. The molecular weight excluding hydrogens is 381 g/mol. The van der Waals surface area contributed by atoms with Crippen molar-refractivity contribution < 1.29 is 9.59 Å². The van der Waals surface area contributed by atoms with Crippen LogP contribution in [0.25, 0.3) is 0 Å². The van der Waals surface area contributed by atoms with Crippen molar-refractivity contribution in [3.63, 3.8) is 0 Å². The Hall–Kier alpha value is -2.41. The van der Waals surface area contributed by atoms with E-state index < -0.39 is 5.91 Å². The molecule has 126 valence electrons. The van der Waals surface area contributed by atoms with Gasteiger partial charge in [-0.05, 0) is 30.3 Å². The van der Waals surface area contributed by atoms with E-state index in [2.05, 4.69) is 15.6 Å². The number of amides is 2. The first kappa shape index (κ1) is 17.4. The minimum Gasteiger partial charge on any atom is -0.321 e. The normalized spacial score (nSPS) is 10.3. The maximum absolute atomic E-state index is 12.4. The van der Waals surface area contributed by atoms with Gasteiger partial charge in [0.25, 0.3) is 11.8 Å². The maximum atomic E-state index is 12.4. The zero-order valence-corrected chi connectivity index (χ0v) is 15.0. The third-order valence-corrected chi connectivity index (χ3v) is 4.68. The number of aromatic nitrogens is 1. The first-order chi connectivity index (χ1) is 12.0. The molecule has 0 fully saturated rings. The minimum absolute atomic E-state index is 0.282. The van der Waals surface area contributed by atoms with E-state index in [1.54, 1.807) is 48.0 Å². The number of thiazole rings is 1. The van der Waals surface area contributed by atoms with Crippen LogP contribution in [0.5, 0.6) is 0 Å². The highest BCUT2D eigenvalue weighted by atomic mass is 35.5. The molecule has 1 heterocycles. The lowest BCUT2D eigenvalue weighted by atomic mass is 10.1. The zero-order chi connectivity index (χ0) is 17.8. The number of benzene rings is 2. The number of carbonyl (C=O) groups excluding carboxylic acids is 2. The van der Waals surface area contributed by atoms with E-state index in [1.807, 2.05) is 0 Å². The van der Waals surface area contributed by atoms with E-state index >= 15 is 0 Å². The summed E-state index contributed by atoms with van der Waals surface area (Å²) >= 11 is 13.1. The molecule has 0 saturated carbocycles. The Kier molecular flexibility index (Phi) is 5.33. The Labute approximate surface area is 157 Å². The van der Waals surface area contributed by atoms with Gasteiger partial charge in [0.05, 0.1) is 21.3 Å². The monoisotopic (exact) mass is 391 g/mol. The molecule has 2 amide bonds. The second-order valence-corrected chi connectivity index (χ2v) is 6.63. The highest BCUT2D eigenvalue weighted by molar-refractivity contribution is 7.13. The van der Waals surface area contributed by atoms with Crippen LogP contribution in [-0.2, 0) is 0 Å². The van der Waals surface area contributed by atoms with E-state index in [9.17, 15) is 9.59 Å². The molecule has 0 unspecified atom stereocenters. The molecule has 0 saturated heterocycles. The van der Waals surface area contributed by atoms with Gasteiger partial charge >= 0.3 is 0 Å². The number of anilines is 2. The summed E-state index contributed by atoms with van der Waals surface area (Å²) in [6.45, 7) is 0. The van der Waals surface area contributed by atoms with E-state index in [1.165, 1.54) is 17.4 Å². The largest absolute Gasteiger partial charge is 0.321 e. The van der Waals surface area contributed by atoms with Gasteiger partial charge in [-0.2, -0.15) is 0 Å². The lowest BCUT2D eigenvalue weighted by molar-refractivity contribution is 0.102. The summed E-state index contributed by atoms with van der Waals surface area (Å²) in [5.74, 6) is -0.756. The van der Waals surface area contributed by atoms with Crippen molar-refractivity contribution in [2.24, 2.45) is 0 Å². The Balaban J connectivity index is 1.81. The molecule has 0 aliphatic heterocycles. The fourth-order valence-corrected chi connectivity index (χ4v) is 2.89. The van der Waals surface area contributed by atoms with Gasteiger partial charge in [-0.25, -0.2) is 4.98 Å². The SMILES string of the molecule is O=C(Nc1ccccc1C(=O)Nc1nccs1)c1ccc(Cl)c(Cl)c1. The molecule has 0 spiro atoms. The Bertz CT molecular complexity index is 929. The highest BCUT2D eigenvalue weighted by Gasteiger charge is 2.15. The predicted molar refractivity (Wildman–Crippen MR) is 101 cm³/mol. The van der Waals surface area contributed by atoms with Crippen LogP contribution in [0.3, 0.4) is 0 Å². The third kappa shape index (κ3) is 4.17. The fourth-order valence-electron chi connectivity index (χ4n) is 2.07. The van der Waals surface area contributed by atoms with E-state index in [4.69, 9.17) is 23.2 Å². The molecule has 3 rings (SSSR count). The molecule has 25 heavy (non-hydrogen) atoms. The van der Waals surface area contributed by atoms with Crippen molar-refractivity contribution >= 4 is 57.2 Å². The molecule has 0 bridgehead atoms. The van der Waals surface area contributed by atoms with Gasteiger partial charge in [0.1, 0.15) is 0 Å². The number of hydrogen-bond acceptors (Lipinski definition) is 4. The summed E-state index contributed by atoms with van der Waals surface area (Å²) in [6, 6.07) is 11.3. The van der Waals surface area contributed by atoms with Gasteiger partial charge in [-0.15, -0.1) is 11.3 Å². The molecule has 2 N–H and O–H groups in total. The van der Waals surface area contributed by atoms with Crippen LogP contribution in [0, 0.1) is 0 Å². The summed E-state index contributed by atoms with van der Waals surface area (Å²) in [7, 11) is 0. The quantitative estimate of drug-likeness (QED) is 0.660. The molecule has 1 aromatic heterocycles. The number of halogens is 2. The molecular formula is C17H11Cl2N3O2S. The highest BCUT2D eigenvalue weighted by Crippen LogP contribution is 2.24. The smallest absolute Gasteiger partial charge is 0.259 e. The maximum Gasteiger partial charge on any atom is 0.259 e. The lowest BCUT2D eigenvalue weighted by Crippen LogP contribution is -2.18. The van der Waals surface area contributed by atoms with Gasteiger partial charge in [0.15, 0.2) is 5.13 Å². The molecule has 0 aliphatic rings. The summed E-state index contributed by atoms with van der Waals surface area (Å²) in [6.07, 6.45) is 1.60. The van der Waals surface area contributed by atoms with Gasteiger partial charge < -0.3 is 5.32 Å². The average molecular weight is 392 g/mol. The van der Waals surface area contributed by atoms with Crippen LogP contribution in [0.2, 0.25) is 10.0 Å². The van der Waals surface area contributed by atoms with Crippen LogP contribution in [-0.4, -0.2) is 16.8 Å². The van der Waals surface area contributed by atoms with E-state index in [0.717, 1.165) is 0 Å². The fraction of sp³-hybridized carbons (Fsp3) is 0. The van der Waals surface area contributed by atoms with Gasteiger partial charge in [-0.3, -0.25) is 14.9 Å². The number of carbonyl (C=O) groups is 2. The molecule has 3 aromatic rings. The Morgan fingerprint density at radius 3 is 2.48 bits per heavy atom. The van der Waals surface area contributed by atoms with Crippen LogP contribution >= 0.6 is 34.5 Å². The van der Waals surface area contributed by atoms with Crippen molar-refractivity contribution in [2.75, 3.05) is 10.6 Å². The first-order valence-electron chi connectivity index (χ1n) is 7.11. The average Bonchev–Trinajstić information content (AvgIpc) is 3.10. The van der Waals surface area contributed by atoms with Gasteiger partial charge in [0, 0.05) is 17.1 Å².